The van der Waals surface area contributed by atoms with Gasteiger partial charge in [0.05, 0.1) is 0 Å². The molecule has 0 aromatic rings. The second-order valence-corrected chi connectivity index (χ2v) is 5.61. The number of hydrogen-bond acceptors (Lipinski definition) is 2. The minimum Gasteiger partial charge on any atom is -0.317 e. The summed E-state index contributed by atoms with van der Waals surface area (Å²) in [4.78, 5) is 2.68. The molecule has 1 aliphatic rings. The highest BCUT2D eigenvalue weighted by molar-refractivity contribution is 4.88. The second kappa shape index (κ2) is 6.61. The van der Waals surface area contributed by atoms with Gasteiger partial charge >= 0.3 is 0 Å². The third-order valence-corrected chi connectivity index (χ3v) is 4.33. The fourth-order valence-electron chi connectivity index (χ4n) is 2.91. The molecule has 1 atom stereocenters. The van der Waals surface area contributed by atoms with Gasteiger partial charge in [-0.3, -0.25) is 0 Å². The summed E-state index contributed by atoms with van der Waals surface area (Å²) in [6.07, 6.45) is 4.11. The normalized spacial score (nSPS) is 22.5. The van der Waals surface area contributed by atoms with Crippen LogP contribution in [-0.2, 0) is 0 Å². The first-order valence-corrected chi connectivity index (χ1v) is 7.09. The summed E-state index contributed by atoms with van der Waals surface area (Å²) in [5.74, 6) is 0.782. The van der Waals surface area contributed by atoms with Gasteiger partial charge in [0, 0.05) is 13.1 Å². The van der Waals surface area contributed by atoms with Crippen molar-refractivity contribution in [3.63, 3.8) is 0 Å². The van der Waals surface area contributed by atoms with Gasteiger partial charge in [-0.2, -0.15) is 0 Å². The van der Waals surface area contributed by atoms with Crippen molar-refractivity contribution in [1.82, 2.24) is 10.2 Å². The van der Waals surface area contributed by atoms with Gasteiger partial charge in [0.1, 0.15) is 0 Å². The predicted octanol–water partition coefficient (Wildman–Crippen LogP) is 2.74. The lowest BCUT2D eigenvalue weighted by atomic mass is 9.82. The van der Waals surface area contributed by atoms with E-state index in [1.165, 1.54) is 38.9 Å². The first-order chi connectivity index (χ1) is 7.65. The van der Waals surface area contributed by atoms with Crippen LogP contribution in [0.1, 0.15) is 47.0 Å². The molecular formula is C14H30N2. The average molecular weight is 226 g/mol. The van der Waals surface area contributed by atoms with E-state index in [1.54, 1.807) is 0 Å². The molecule has 0 aromatic carbocycles. The summed E-state index contributed by atoms with van der Waals surface area (Å²) < 4.78 is 0. The zero-order chi connectivity index (χ0) is 12.0. The van der Waals surface area contributed by atoms with Crippen LogP contribution in [-0.4, -0.2) is 37.6 Å². The number of nitrogens with one attached hydrogen (secondary N) is 1. The monoisotopic (exact) mass is 226 g/mol. The molecule has 0 bridgehead atoms. The highest BCUT2D eigenvalue weighted by atomic mass is 15.2. The van der Waals surface area contributed by atoms with Gasteiger partial charge in [-0.15, -0.1) is 0 Å². The Bertz CT molecular complexity index is 187. The van der Waals surface area contributed by atoms with Crippen LogP contribution in [0, 0.1) is 11.3 Å². The SMILES string of the molecule is CCNCC(C)CN1CCC(CC)(CC)C1. The average Bonchev–Trinajstić information content (AvgIpc) is 2.70. The lowest BCUT2D eigenvalue weighted by Crippen LogP contribution is -2.33. The topological polar surface area (TPSA) is 15.3 Å². The van der Waals surface area contributed by atoms with Crippen LogP contribution in [0.3, 0.4) is 0 Å². The lowest BCUT2D eigenvalue weighted by Gasteiger charge is -2.27. The Morgan fingerprint density at radius 2 is 1.94 bits per heavy atom. The van der Waals surface area contributed by atoms with E-state index < -0.39 is 0 Å². The Morgan fingerprint density at radius 3 is 2.44 bits per heavy atom. The first kappa shape index (κ1) is 14.0. The van der Waals surface area contributed by atoms with Crippen molar-refractivity contribution in [3.05, 3.63) is 0 Å². The summed E-state index contributed by atoms with van der Waals surface area (Å²) in [5, 5.41) is 3.44. The molecule has 0 radical (unpaired) electrons. The number of rotatable bonds is 7. The third kappa shape index (κ3) is 3.74. The number of nitrogens with zero attached hydrogens (tertiary/aromatic N) is 1. The first-order valence-electron chi connectivity index (χ1n) is 7.09. The molecule has 1 aliphatic heterocycles. The maximum atomic E-state index is 3.44. The molecule has 2 heteroatoms. The molecule has 0 amide bonds. The number of hydrogen-bond donors (Lipinski definition) is 1. The quantitative estimate of drug-likeness (QED) is 0.718. The van der Waals surface area contributed by atoms with Gasteiger partial charge in [-0.05, 0) is 50.2 Å². The Balaban J connectivity index is 2.30. The minimum atomic E-state index is 0.637. The van der Waals surface area contributed by atoms with Crippen LogP contribution in [0.15, 0.2) is 0 Å². The lowest BCUT2D eigenvalue weighted by molar-refractivity contribution is 0.221. The molecule has 96 valence electrons. The van der Waals surface area contributed by atoms with Crippen LogP contribution in [0.4, 0.5) is 0 Å². The predicted molar refractivity (Wildman–Crippen MR) is 71.8 cm³/mol. The zero-order valence-corrected chi connectivity index (χ0v) is 11.7. The summed E-state index contributed by atoms with van der Waals surface area (Å²) in [7, 11) is 0. The fraction of sp³-hybridized carbons (Fsp3) is 1.00. The van der Waals surface area contributed by atoms with Gasteiger partial charge < -0.3 is 10.2 Å². The molecule has 0 aromatic heterocycles. The van der Waals surface area contributed by atoms with Crippen molar-refractivity contribution in [2.45, 2.75) is 47.0 Å². The van der Waals surface area contributed by atoms with Crippen molar-refractivity contribution in [2.75, 3.05) is 32.7 Å². The number of likely N-dealkylation sites (tertiary alicyclic amines) is 1. The van der Waals surface area contributed by atoms with Gasteiger partial charge in [0.25, 0.3) is 0 Å². The summed E-state index contributed by atoms with van der Waals surface area (Å²) >= 11 is 0. The van der Waals surface area contributed by atoms with Crippen molar-refractivity contribution >= 4 is 0 Å². The van der Waals surface area contributed by atoms with Gasteiger partial charge in [0.15, 0.2) is 0 Å². The Morgan fingerprint density at radius 1 is 1.25 bits per heavy atom. The van der Waals surface area contributed by atoms with E-state index in [9.17, 15) is 0 Å². The molecule has 0 aliphatic carbocycles. The molecule has 0 spiro atoms. The highest BCUT2D eigenvalue weighted by Gasteiger charge is 2.34. The van der Waals surface area contributed by atoms with Crippen LogP contribution in [0.25, 0.3) is 0 Å². The van der Waals surface area contributed by atoms with E-state index in [2.05, 4.69) is 37.9 Å². The van der Waals surface area contributed by atoms with Crippen LogP contribution < -0.4 is 5.32 Å². The summed E-state index contributed by atoms with van der Waals surface area (Å²) in [5.41, 5.74) is 0.637. The van der Waals surface area contributed by atoms with E-state index in [0.29, 0.717) is 5.41 Å². The van der Waals surface area contributed by atoms with Crippen molar-refractivity contribution in [1.29, 1.82) is 0 Å². The molecule has 1 heterocycles. The second-order valence-electron chi connectivity index (χ2n) is 5.61. The smallest absolute Gasteiger partial charge is 0.00384 e. The van der Waals surface area contributed by atoms with E-state index in [4.69, 9.17) is 0 Å². The minimum absolute atomic E-state index is 0.637. The Kier molecular flexibility index (Phi) is 5.77. The Hall–Kier alpha value is -0.0800. The summed E-state index contributed by atoms with van der Waals surface area (Å²) in [6.45, 7) is 15.4. The van der Waals surface area contributed by atoms with E-state index in [-0.39, 0.29) is 0 Å². The highest BCUT2D eigenvalue weighted by Crippen LogP contribution is 2.36. The molecule has 1 unspecified atom stereocenters. The van der Waals surface area contributed by atoms with Crippen molar-refractivity contribution in [2.24, 2.45) is 11.3 Å². The van der Waals surface area contributed by atoms with Gasteiger partial charge in [-0.1, -0.05) is 27.7 Å². The van der Waals surface area contributed by atoms with E-state index in [0.717, 1.165) is 19.0 Å². The summed E-state index contributed by atoms with van der Waals surface area (Å²) in [6, 6.07) is 0. The maximum Gasteiger partial charge on any atom is 0.00384 e. The zero-order valence-electron chi connectivity index (χ0n) is 11.7. The molecule has 1 N–H and O–H groups in total. The Labute approximate surface area is 102 Å². The van der Waals surface area contributed by atoms with Crippen LogP contribution in [0.2, 0.25) is 0 Å². The standard InChI is InChI=1S/C14H30N2/c1-5-14(6-2)8-9-16(12-14)11-13(4)10-15-7-3/h13,15H,5-12H2,1-4H3. The third-order valence-electron chi connectivity index (χ3n) is 4.33. The van der Waals surface area contributed by atoms with Gasteiger partial charge in [-0.25, -0.2) is 0 Å². The molecule has 1 fully saturated rings. The van der Waals surface area contributed by atoms with Crippen molar-refractivity contribution < 1.29 is 0 Å². The van der Waals surface area contributed by atoms with Crippen LogP contribution >= 0.6 is 0 Å². The molecular weight excluding hydrogens is 196 g/mol. The van der Waals surface area contributed by atoms with Crippen LogP contribution in [0.5, 0.6) is 0 Å². The molecule has 1 rings (SSSR count). The molecule has 2 nitrogen and oxygen atoms in total. The molecule has 1 saturated heterocycles. The van der Waals surface area contributed by atoms with Crippen molar-refractivity contribution in [3.8, 4) is 0 Å². The maximum absolute atomic E-state index is 3.44. The van der Waals surface area contributed by atoms with E-state index >= 15 is 0 Å². The van der Waals surface area contributed by atoms with E-state index in [1.807, 2.05) is 0 Å². The fourth-order valence-corrected chi connectivity index (χ4v) is 2.91. The largest absolute Gasteiger partial charge is 0.317 e. The van der Waals surface area contributed by atoms with Gasteiger partial charge in [0.2, 0.25) is 0 Å². The molecule has 16 heavy (non-hydrogen) atoms. The molecule has 0 saturated carbocycles.